The smallest absolute Gasteiger partial charge is 0.338 e. The molecular formula is C24H28N2O5. The van der Waals surface area contributed by atoms with Crippen LogP contribution in [-0.2, 0) is 9.53 Å². The third-order valence-electron chi connectivity index (χ3n) is 5.04. The zero-order valence-corrected chi connectivity index (χ0v) is 18.3. The third kappa shape index (κ3) is 4.99. The average molecular weight is 424 g/mol. The van der Waals surface area contributed by atoms with Crippen molar-refractivity contribution in [2.45, 2.75) is 26.8 Å². The van der Waals surface area contributed by atoms with E-state index in [1.54, 1.807) is 20.1 Å². The number of carbonyl (C=O) groups is 2. The molecule has 0 spiro atoms. The topological polar surface area (TPSA) is 77.1 Å². The molecule has 2 aromatic rings. The number of hydrogen-bond acceptors (Lipinski definition) is 5. The van der Waals surface area contributed by atoms with Crippen LogP contribution in [0, 0.1) is 6.92 Å². The van der Waals surface area contributed by atoms with Gasteiger partial charge >= 0.3 is 12.0 Å². The van der Waals surface area contributed by atoms with E-state index in [4.69, 9.17) is 14.2 Å². The maximum absolute atomic E-state index is 13.0. The molecule has 0 saturated heterocycles. The molecule has 7 heteroatoms. The van der Waals surface area contributed by atoms with Crippen LogP contribution in [0.2, 0.25) is 0 Å². The van der Waals surface area contributed by atoms with Gasteiger partial charge < -0.3 is 19.5 Å². The Bertz CT molecular complexity index is 985. The van der Waals surface area contributed by atoms with Gasteiger partial charge in [-0.2, -0.15) is 0 Å². The zero-order valence-electron chi connectivity index (χ0n) is 18.3. The molecule has 0 saturated carbocycles. The number of amides is 2. The highest BCUT2D eigenvalue weighted by atomic mass is 16.5. The number of likely N-dealkylation sites (N-methyl/N-ethyl adjacent to an activating group) is 1. The van der Waals surface area contributed by atoms with E-state index in [-0.39, 0.29) is 19.2 Å². The van der Waals surface area contributed by atoms with Gasteiger partial charge in [0.15, 0.2) is 0 Å². The molecule has 0 fully saturated rings. The van der Waals surface area contributed by atoms with Crippen molar-refractivity contribution in [3.8, 4) is 11.5 Å². The van der Waals surface area contributed by atoms with E-state index in [1.807, 2.05) is 56.3 Å². The lowest BCUT2D eigenvalue weighted by Gasteiger charge is -2.36. The number of carbonyl (C=O) groups excluding carboxylic acids is 2. The summed E-state index contributed by atoms with van der Waals surface area (Å²) < 4.78 is 16.7. The molecule has 1 aliphatic rings. The Morgan fingerprint density at radius 2 is 1.84 bits per heavy atom. The maximum atomic E-state index is 13.0. The first-order chi connectivity index (χ1) is 15.0. The van der Waals surface area contributed by atoms with Crippen LogP contribution in [-0.4, -0.2) is 43.8 Å². The van der Waals surface area contributed by atoms with Crippen LogP contribution < -0.4 is 14.8 Å². The van der Waals surface area contributed by atoms with Gasteiger partial charge in [0.05, 0.1) is 31.0 Å². The summed E-state index contributed by atoms with van der Waals surface area (Å²) in [6, 6.07) is 13.9. The Hall–Kier alpha value is -3.48. The van der Waals surface area contributed by atoms with Crippen molar-refractivity contribution in [3.05, 3.63) is 70.9 Å². The molecule has 0 radical (unpaired) electrons. The Labute approximate surface area is 182 Å². The Balaban J connectivity index is 2.08. The Kier molecular flexibility index (Phi) is 7.18. The molecule has 3 rings (SSSR count). The summed E-state index contributed by atoms with van der Waals surface area (Å²) in [7, 11) is 1.57. The van der Waals surface area contributed by atoms with Crippen LogP contribution in [0.5, 0.6) is 11.5 Å². The van der Waals surface area contributed by atoms with Gasteiger partial charge in [-0.15, -0.1) is 0 Å². The number of rotatable bonds is 8. The third-order valence-corrected chi connectivity index (χ3v) is 5.04. The molecule has 0 unspecified atom stereocenters. The first-order valence-corrected chi connectivity index (χ1v) is 10.3. The highest BCUT2D eigenvalue weighted by molar-refractivity contribution is 5.95. The minimum atomic E-state index is -0.680. The number of nitrogens with one attached hydrogen (secondary N) is 1. The standard InChI is InChI=1S/C24H28N2O5/c1-5-26-20(15-31-19-12-7-9-16(3)13-19)21(23(27)30-6-2)22(25-24(26)28)17-10-8-11-18(14-17)29-4/h7-14,22H,5-6,15H2,1-4H3,(H,25,28)/t22-/m0/s1. The molecule has 164 valence electrons. The fourth-order valence-corrected chi connectivity index (χ4v) is 3.57. The minimum absolute atomic E-state index is 0.0549. The molecule has 1 atom stereocenters. The summed E-state index contributed by atoms with van der Waals surface area (Å²) in [5.41, 5.74) is 2.61. The van der Waals surface area contributed by atoms with Crippen molar-refractivity contribution in [2.24, 2.45) is 0 Å². The van der Waals surface area contributed by atoms with Gasteiger partial charge in [-0.3, -0.25) is 4.90 Å². The number of aryl methyl sites for hydroxylation is 1. The fourth-order valence-electron chi connectivity index (χ4n) is 3.57. The summed E-state index contributed by atoms with van der Waals surface area (Å²) in [6.45, 7) is 6.23. The molecule has 31 heavy (non-hydrogen) atoms. The van der Waals surface area contributed by atoms with Gasteiger partial charge in [0.2, 0.25) is 0 Å². The second-order valence-corrected chi connectivity index (χ2v) is 7.09. The van der Waals surface area contributed by atoms with Gasteiger partial charge in [0.1, 0.15) is 18.1 Å². The lowest BCUT2D eigenvalue weighted by molar-refractivity contribution is -0.139. The second-order valence-electron chi connectivity index (χ2n) is 7.09. The van der Waals surface area contributed by atoms with Gasteiger partial charge in [0, 0.05) is 6.54 Å². The average Bonchev–Trinajstić information content (AvgIpc) is 2.77. The van der Waals surface area contributed by atoms with Crippen LogP contribution in [0.15, 0.2) is 59.8 Å². The van der Waals surface area contributed by atoms with E-state index in [9.17, 15) is 9.59 Å². The lowest BCUT2D eigenvalue weighted by Crippen LogP contribution is -2.49. The number of ether oxygens (including phenoxy) is 3. The number of esters is 1. The van der Waals surface area contributed by atoms with Gasteiger partial charge in [0.25, 0.3) is 0 Å². The summed E-state index contributed by atoms with van der Waals surface area (Å²) in [5.74, 6) is 0.803. The number of benzene rings is 2. The van der Waals surface area contributed by atoms with Crippen molar-refractivity contribution in [1.29, 1.82) is 0 Å². The molecule has 2 aromatic carbocycles. The van der Waals surface area contributed by atoms with E-state index in [0.29, 0.717) is 29.3 Å². The quantitative estimate of drug-likeness (QED) is 0.649. The zero-order chi connectivity index (χ0) is 22.4. The van der Waals surface area contributed by atoms with Crippen LogP contribution in [0.1, 0.15) is 31.0 Å². The Morgan fingerprint density at radius 3 is 2.52 bits per heavy atom. The van der Waals surface area contributed by atoms with Crippen LogP contribution in [0.4, 0.5) is 4.79 Å². The van der Waals surface area contributed by atoms with Gasteiger partial charge in [-0.05, 0) is 56.2 Å². The SMILES string of the molecule is CCOC(=O)C1=C(COc2cccc(C)c2)N(CC)C(=O)N[C@H]1c1cccc(OC)c1. The van der Waals surface area contributed by atoms with Crippen molar-refractivity contribution in [2.75, 3.05) is 26.9 Å². The van der Waals surface area contributed by atoms with Gasteiger partial charge in [-0.25, -0.2) is 9.59 Å². The molecule has 7 nitrogen and oxygen atoms in total. The first kappa shape index (κ1) is 22.2. The van der Waals surface area contributed by atoms with Crippen molar-refractivity contribution in [1.82, 2.24) is 10.2 Å². The monoisotopic (exact) mass is 424 g/mol. The molecule has 0 aliphatic carbocycles. The van der Waals surface area contributed by atoms with Crippen LogP contribution in [0.3, 0.4) is 0 Å². The van der Waals surface area contributed by atoms with Crippen LogP contribution >= 0.6 is 0 Å². The minimum Gasteiger partial charge on any atom is -0.497 e. The predicted molar refractivity (Wildman–Crippen MR) is 117 cm³/mol. The van der Waals surface area contributed by atoms with Crippen molar-refractivity contribution in [3.63, 3.8) is 0 Å². The summed E-state index contributed by atoms with van der Waals surface area (Å²) in [4.78, 5) is 27.5. The lowest BCUT2D eigenvalue weighted by atomic mass is 9.94. The second kappa shape index (κ2) is 10.0. The number of urea groups is 1. The largest absolute Gasteiger partial charge is 0.497 e. The Morgan fingerprint density at radius 1 is 1.10 bits per heavy atom. The maximum Gasteiger partial charge on any atom is 0.338 e. The van der Waals surface area contributed by atoms with E-state index in [2.05, 4.69) is 5.32 Å². The molecule has 1 N–H and O–H groups in total. The first-order valence-electron chi connectivity index (χ1n) is 10.3. The van der Waals surface area contributed by atoms with Gasteiger partial charge in [-0.1, -0.05) is 24.3 Å². The van der Waals surface area contributed by atoms with Crippen LogP contribution in [0.25, 0.3) is 0 Å². The number of nitrogens with zero attached hydrogens (tertiary/aromatic N) is 1. The molecule has 0 aromatic heterocycles. The highest BCUT2D eigenvalue weighted by Crippen LogP contribution is 2.33. The molecule has 2 amide bonds. The number of hydrogen-bond donors (Lipinski definition) is 1. The number of methoxy groups -OCH3 is 1. The predicted octanol–water partition coefficient (Wildman–Crippen LogP) is 3.99. The summed E-state index contributed by atoms with van der Waals surface area (Å²) in [6.07, 6.45) is 0. The van der Waals surface area contributed by atoms with E-state index in [1.165, 1.54) is 4.90 Å². The fraction of sp³-hybridized carbons (Fsp3) is 0.333. The van der Waals surface area contributed by atoms with Crippen molar-refractivity contribution < 1.29 is 23.8 Å². The normalized spacial score (nSPS) is 16.1. The molecular weight excluding hydrogens is 396 g/mol. The highest BCUT2D eigenvalue weighted by Gasteiger charge is 2.38. The van der Waals surface area contributed by atoms with Crippen molar-refractivity contribution >= 4 is 12.0 Å². The van der Waals surface area contributed by atoms with E-state index >= 15 is 0 Å². The molecule has 1 heterocycles. The molecule has 0 bridgehead atoms. The van der Waals surface area contributed by atoms with E-state index < -0.39 is 12.0 Å². The molecule has 1 aliphatic heterocycles. The summed E-state index contributed by atoms with van der Waals surface area (Å²) in [5, 5.41) is 2.93. The van der Waals surface area contributed by atoms with E-state index in [0.717, 1.165) is 11.1 Å². The summed E-state index contributed by atoms with van der Waals surface area (Å²) >= 11 is 0.